The van der Waals surface area contributed by atoms with Crippen molar-refractivity contribution in [2.24, 2.45) is 11.3 Å². The number of hydrogen-bond acceptors (Lipinski definition) is 5. The van der Waals surface area contributed by atoms with Gasteiger partial charge >= 0.3 is 6.09 Å². The molecular formula is C29H37N5O5. The lowest BCUT2D eigenvalue weighted by molar-refractivity contribution is -0.139. The van der Waals surface area contributed by atoms with E-state index in [9.17, 15) is 29.5 Å². The molecule has 1 unspecified atom stereocenters. The lowest BCUT2D eigenvalue weighted by Crippen LogP contribution is -2.62. The molecule has 2 aliphatic heterocycles. The Balaban J connectivity index is 1.43. The third-order valence-corrected chi connectivity index (χ3v) is 8.93. The molecule has 39 heavy (non-hydrogen) atoms. The van der Waals surface area contributed by atoms with Crippen LogP contribution in [0.4, 0.5) is 10.5 Å². The minimum absolute atomic E-state index is 0.0499. The van der Waals surface area contributed by atoms with Crippen LogP contribution in [0.15, 0.2) is 24.3 Å². The monoisotopic (exact) mass is 535 g/mol. The highest BCUT2D eigenvalue weighted by molar-refractivity contribution is 6.07. The number of para-hydroxylation sites is 1. The SMILES string of the molecule is CC1(C(C(=O)N[C@@H](CC2CC2)C(=O)N2C[C@]3(C[C@H]2C#N)C(=O)Nc2ccccc23)N(C(=O)O)C(C)(C)C)CC1. The Morgan fingerprint density at radius 2 is 1.92 bits per heavy atom. The summed E-state index contributed by atoms with van der Waals surface area (Å²) in [5.74, 6) is -0.836. The van der Waals surface area contributed by atoms with Crippen LogP contribution < -0.4 is 10.6 Å². The highest BCUT2D eigenvalue weighted by Crippen LogP contribution is 2.51. The Bertz CT molecular complexity index is 1260. The molecule has 4 aliphatic rings. The maximum Gasteiger partial charge on any atom is 0.408 e. The molecule has 1 aromatic rings. The van der Waals surface area contributed by atoms with E-state index in [-0.39, 0.29) is 24.8 Å². The zero-order valence-corrected chi connectivity index (χ0v) is 23.0. The van der Waals surface area contributed by atoms with Crippen molar-refractivity contribution in [3.63, 3.8) is 0 Å². The van der Waals surface area contributed by atoms with Gasteiger partial charge in [0.2, 0.25) is 17.7 Å². The number of nitriles is 1. The molecule has 4 amide bonds. The van der Waals surface area contributed by atoms with Crippen LogP contribution in [-0.2, 0) is 19.8 Å². The molecule has 3 fully saturated rings. The number of carbonyl (C=O) groups excluding carboxylic acids is 3. The minimum Gasteiger partial charge on any atom is -0.465 e. The van der Waals surface area contributed by atoms with Gasteiger partial charge in [-0.1, -0.05) is 38.0 Å². The summed E-state index contributed by atoms with van der Waals surface area (Å²) in [7, 11) is 0. The van der Waals surface area contributed by atoms with Crippen LogP contribution in [0.1, 0.15) is 71.8 Å². The van der Waals surface area contributed by atoms with Crippen molar-refractivity contribution in [1.29, 1.82) is 5.26 Å². The number of anilines is 1. The van der Waals surface area contributed by atoms with E-state index in [1.807, 2.05) is 31.2 Å². The number of fused-ring (bicyclic) bond motifs is 2. The van der Waals surface area contributed by atoms with E-state index >= 15 is 0 Å². The Labute approximate surface area is 228 Å². The number of nitrogens with one attached hydrogen (secondary N) is 2. The topological polar surface area (TPSA) is 143 Å². The zero-order chi connectivity index (χ0) is 28.3. The van der Waals surface area contributed by atoms with Crippen molar-refractivity contribution < 1.29 is 24.3 Å². The first-order valence-corrected chi connectivity index (χ1v) is 13.7. The number of benzene rings is 1. The fourth-order valence-corrected chi connectivity index (χ4v) is 6.35. The van der Waals surface area contributed by atoms with Gasteiger partial charge in [-0.15, -0.1) is 0 Å². The van der Waals surface area contributed by atoms with Gasteiger partial charge in [0, 0.05) is 24.2 Å². The van der Waals surface area contributed by atoms with E-state index in [0.29, 0.717) is 24.9 Å². The molecule has 10 nitrogen and oxygen atoms in total. The predicted octanol–water partition coefficient (Wildman–Crippen LogP) is 3.23. The van der Waals surface area contributed by atoms with Gasteiger partial charge in [0.25, 0.3) is 0 Å². The Morgan fingerprint density at radius 1 is 1.26 bits per heavy atom. The van der Waals surface area contributed by atoms with Gasteiger partial charge in [-0.25, -0.2) is 4.79 Å². The quantitative estimate of drug-likeness (QED) is 0.489. The first-order chi connectivity index (χ1) is 18.3. The molecule has 1 aromatic carbocycles. The van der Waals surface area contributed by atoms with Crippen LogP contribution in [0.3, 0.4) is 0 Å². The molecule has 3 N–H and O–H groups in total. The van der Waals surface area contributed by atoms with Crippen LogP contribution in [0, 0.1) is 22.7 Å². The maximum absolute atomic E-state index is 14.1. The molecule has 4 atom stereocenters. The van der Waals surface area contributed by atoms with Crippen molar-refractivity contribution in [2.45, 2.75) is 95.3 Å². The highest BCUT2D eigenvalue weighted by Gasteiger charge is 2.58. The van der Waals surface area contributed by atoms with Crippen molar-refractivity contribution in [1.82, 2.24) is 15.1 Å². The first kappa shape index (κ1) is 27.0. The van der Waals surface area contributed by atoms with Gasteiger partial charge in [0.1, 0.15) is 18.1 Å². The summed E-state index contributed by atoms with van der Waals surface area (Å²) in [6.45, 7) is 7.22. The van der Waals surface area contributed by atoms with Crippen LogP contribution in [0.25, 0.3) is 0 Å². The first-order valence-electron chi connectivity index (χ1n) is 13.7. The molecule has 0 aromatic heterocycles. The second kappa shape index (κ2) is 9.25. The van der Waals surface area contributed by atoms with Crippen molar-refractivity contribution >= 4 is 29.5 Å². The molecule has 2 heterocycles. The number of nitrogens with zero attached hydrogens (tertiary/aromatic N) is 3. The average molecular weight is 536 g/mol. The third kappa shape index (κ3) is 4.72. The summed E-state index contributed by atoms with van der Waals surface area (Å²) in [6, 6.07) is 6.86. The summed E-state index contributed by atoms with van der Waals surface area (Å²) in [5.41, 5.74) is -0.894. The van der Waals surface area contributed by atoms with Gasteiger partial charge < -0.3 is 20.6 Å². The molecule has 208 valence electrons. The normalized spacial score (nSPS) is 26.3. The molecule has 2 saturated carbocycles. The molecule has 10 heteroatoms. The summed E-state index contributed by atoms with van der Waals surface area (Å²) < 4.78 is 0. The Hall–Kier alpha value is -3.61. The molecular weight excluding hydrogens is 498 g/mol. The fraction of sp³-hybridized carbons (Fsp3) is 0.621. The van der Waals surface area contributed by atoms with Crippen molar-refractivity contribution in [2.75, 3.05) is 11.9 Å². The van der Waals surface area contributed by atoms with Crippen LogP contribution in [0.5, 0.6) is 0 Å². The van der Waals surface area contributed by atoms with Gasteiger partial charge in [-0.3, -0.25) is 19.3 Å². The smallest absolute Gasteiger partial charge is 0.408 e. The lowest BCUT2D eigenvalue weighted by atomic mass is 9.80. The second-order valence-electron chi connectivity index (χ2n) is 13.0. The molecule has 2 aliphatic carbocycles. The largest absolute Gasteiger partial charge is 0.465 e. The summed E-state index contributed by atoms with van der Waals surface area (Å²) in [6.07, 6.45) is 2.74. The fourth-order valence-electron chi connectivity index (χ4n) is 6.35. The summed E-state index contributed by atoms with van der Waals surface area (Å²) in [4.78, 5) is 56.1. The van der Waals surface area contributed by atoms with E-state index in [1.165, 1.54) is 9.80 Å². The predicted molar refractivity (Wildman–Crippen MR) is 142 cm³/mol. The van der Waals surface area contributed by atoms with E-state index in [4.69, 9.17) is 0 Å². The molecule has 5 rings (SSSR count). The van der Waals surface area contributed by atoms with Gasteiger partial charge in [-0.05, 0) is 63.0 Å². The number of amides is 4. The number of rotatable bonds is 7. The standard InChI is InChI=1S/C29H37N5O5/c1-27(2,3)34(26(38)39)22(28(4)11-12-28)23(35)31-21(13-17-9-10-17)24(36)33-16-29(14-18(33)15-30)19-7-5-6-8-20(19)32-25(29)37/h5-8,17-18,21-22H,9-14,16H2,1-4H3,(H,31,35)(H,32,37)(H,38,39)/t18-,21-,22?,29-/m0/s1. The summed E-state index contributed by atoms with van der Waals surface area (Å²) >= 11 is 0. The number of hydrogen-bond donors (Lipinski definition) is 3. The number of likely N-dealkylation sites (tertiary alicyclic amines) is 1. The van der Waals surface area contributed by atoms with Crippen LogP contribution in [-0.4, -0.2) is 68.9 Å². The summed E-state index contributed by atoms with van der Waals surface area (Å²) in [5, 5.41) is 25.9. The number of carbonyl (C=O) groups is 4. The van der Waals surface area contributed by atoms with Crippen molar-refractivity contribution in [3.05, 3.63) is 29.8 Å². The minimum atomic E-state index is -1.18. The van der Waals surface area contributed by atoms with E-state index in [2.05, 4.69) is 16.7 Å². The van der Waals surface area contributed by atoms with Crippen molar-refractivity contribution in [3.8, 4) is 6.07 Å². The maximum atomic E-state index is 14.1. The van der Waals surface area contributed by atoms with Crippen LogP contribution in [0.2, 0.25) is 0 Å². The second-order valence-corrected chi connectivity index (χ2v) is 13.0. The van der Waals surface area contributed by atoms with Gasteiger partial charge in [-0.2, -0.15) is 5.26 Å². The molecule has 1 saturated heterocycles. The number of carboxylic acid groups (broad SMARTS) is 1. The van der Waals surface area contributed by atoms with E-state index in [0.717, 1.165) is 18.4 Å². The van der Waals surface area contributed by atoms with E-state index < -0.39 is 52.4 Å². The Morgan fingerprint density at radius 3 is 2.49 bits per heavy atom. The van der Waals surface area contributed by atoms with Gasteiger partial charge in [0.15, 0.2) is 0 Å². The molecule has 0 bridgehead atoms. The molecule has 0 radical (unpaired) electrons. The molecule has 1 spiro atoms. The average Bonchev–Trinajstić information content (AvgIpc) is 3.77. The third-order valence-electron chi connectivity index (χ3n) is 8.93. The lowest BCUT2D eigenvalue weighted by Gasteiger charge is -2.42. The highest BCUT2D eigenvalue weighted by atomic mass is 16.4. The van der Waals surface area contributed by atoms with E-state index in [1.54, 1.807) is 20.8 Å². The van der Waals surface area contributed by atoms with Crippen LogP contribution >= 0.6 is 0 Å². The Kier molecular flexibility index (Phi) is 6.40. The van der Waals surface area contributed by atoms with Gasteiger partial charge in [0.05, 0.1) is 11.5 Å². The zero-order valence-electron chi connectivity index (χ0n) is 23.0.